The minimum absolute atomic E-state index is 0.768. The zero-order valence-corrected chi connectivity index (χ0v) is 14.0. The largest absolute Gasteiger partial charge is 0.378 e. The van der Waals surface area contributed by atoms with Gasteiger partial charge in [0.05, 0.1) is 18.7 Å². The lowest BCUT2D eigenvalue weighted by molar-refractivity contribution is 0.122. The fourth-order valence-electron chi connectivity index (χ4n) is 3.64. The van der Waals surface area contributed by atoms with E-state index in [4.69, 9.17) is 9.72 Å². The van der Waals surface area contributed by atoms with Gasteiger partial charge in [-0.05, 0) is 18.2 Å². The van der Waals surface area contributed by atoms with E-state index in [1.165, 1.54) is 11.3 Å². The Kier molecular flexibility index (Phi) is 3.52. The molecule has 0 spiro atoms. The number of aromatic nitrogens is 2. The molecular formula is C20H20N4O. The van der Waals surface area contributed by atoms with Crippen molar-refractivity contribution in [2.24, 2.45) is 4.99 Å². The number of para-hydroxylation sites is 1. The number of ether oxygens (including phenoxy) is 1. The summed E-state index contributed by atoms with van der Waals surface area (Å²) in [5, 5.41) is 1.16. The fourth-order valence-corrected chi connectivity index (χ4v) is 3.64. The number of hydrogen-bond donors (Lipinski definition) is 1. The van der Waals surface area contributed by atoms with E-state index >= 15 is 0 Å². The zero-order valence-electron chi connectivity index (χ0n) is 14.0. The van der Waals surface area contributed by atoms with Crippen LogP contribution < -0.4 is 4.90 Å². The van der Waals surface area contributed by atoms with E-state index < -0.39 is 0 Å². The predicted molar refractivity (Wildman–Crippen MR) is 101 cm³/mol. The van der Waals surface area contributed by atoms with Crippen LogP contribution in [0.3, 0.4) is 0 Å². The Bertz CT molecular complexity index is 953. The molecule has 3 aromatic rings. The summed E-state index contributed by atoms with van der Waals surface area (Å²) < 4.78 is 5.46. The van der Waals surface area contributed by atoms with Crippen LogP contribution in [0.25, 0.3) is 22.2 Å². The molecule has 0 unspecified atom stereocenters. The van der Waals surface area contributed by atoms with Crippen LogP contribution >= 0.6 is 0 Å². The Morgan fingerprint density at radius 2 is 2.00 bits per heavy atom. The number of aromatic amines is 1. The molecule has 5 nitrogen and oxygen atoms in total. The highest BCUT2D eigenvalue weighted by molar-refractivity contribution is 5.95. The molecule has 126 valence electrons. The summed E-state index contributed by atoms with van der Waals surface area (Å²) >= 11 is 0. The predicted octanol–water partition coefficient (Wildman–Crippen LogP) is 3.04. The molecule has 0 radical (unpaired) electrons. The lowest BCUT2D eigenvalue weighted by Gasteiger charge is -2.28. The summed E-state index contributed by atoms with van der Waals surface area (Å²) in [5.41, 5.74) is 5.78. The maximum Gasteiger partial charge on any atom is 0.129 e. The van der Waals surface area contributed by atoms with Crippen molar-refractivity contribution in [1.82, 2.24) is 9.97 Å². The topological polar surface area (TPSA) is 53.5 Å². The summed E-state index contributed by atoms with van der Waals surface area (Å²) in [5.74, 6) is 1.03. The maximum absolute atomic E-state index is 5.46. The minimum atomic E-state index is 0.768. The van der Waals surface area contributed by atoms with Crippen LogP contribution in [0.5, 0.6) is 0 Å². The molecule has 1 fully saturated rings. The number of nitrogens with zero attached hydrogens (tertiary/aromatic N) is 3. The highest BCUT2D eigenvalue weighted by Gasteiger charge is 2.16. The van der Waals surface area contributed by atoms with Gasteiger partial charge in [-0.25, -0.2) is 4.98 Å². The van der Waals surface area contributed by atoms with Gasteiger partial charge in [-0.3, -0.25) is 4.99 Å². The van der Waals surface area contributed by atoms with Crippen molar-refractivity contribution in [1.29, 1.82) is 0 Å². The molecule has 0 atom stereocenters. The summed E-state index contributed by atoms with van der Waals surface area (Å²) in [7, 11) is 0. The van der Waals surface area contributed by atoms with E-state index in [0.29, 0.717) is 0 Å². The van der Waals surface area contributed by atoms with E-state index in [2.05, 4.69) is 51.3 Å². The van der Waals surface area contributed by atoms with Gasteiger partial charge in [-0.2, -0.15) is 0 Å². The molecule has 0 bridgehead atoms. The number of benzene rings is 1. The van der Waals surface area contributed by atoms with Crippen LogP contribution in [-0.4, -0.2) is 49.0 Å². The van der Waals surface area contributed by atoms with E-state index in [0.717, 1.165) is 67.2 Å². The number of pyridine rings is 1. The van der Waals surface area contributed by atoms with E-state index in [1.54, 1.807) is 0 Å². The van der Waals surface area contributed by atoms with Gasteiger partial charge in [0.15, 0.2) is 0 Å². The van der Waals surface area contributed by atoms with Crippen LogP contribution in [0.15, 0.2) is 41.4 Å². The SMILES string of the molecule is C1=NCCc2[nH]c(-c3cccc4ccc(N5CCOCC5)nc34)cc21. The lowest BCUT2D eigenvalue weighted by Crippen LogP contribution is -2.36. The first-order valence-electron chi connectivity index (χ1n) is 8.83. The molecular weight excluding hydrogens is 312 g/mol. The number of aliphatic imine (C=N–C) groups is 1. The normalized spacial score (nSPS) is 17.0. The highest BCUT2D eigenvalue weighted by atomic mass is 16.5. The second-order valence-electron chi connectivity index (χ2n) is 6.55. The van der Waals surface area contributed by atoms with Crippen molar-refractivity contribution in [2.75, 3.05) is 37.7 Å². The molecule has 0 saturated carbocycles. The highest BCUT2D eigenvalue weighted by Crippen LogP contribution is 2.30. The summed E-state index contributed by atoms with van der Waals surface area (Å²) in [6.07, 6.45) is 2.94. The summed E-state index contributed by atoms with van der Waals surface area (Å²) in [4.78, 5) is 15.3. The Balaban J connectivity index is 1.62. The van der Waals surface area contributed by atoms with Crippen molar-refractivity contribution in [3.63, 3.8) is 0 Å². The van der Waals surface area contributed by atoms with Gasteiger partial charge >= 0.3 is 0 Å². The van der Waals surface area contributed by atoms with Gasteiger partial charge < -0.3 is 14.6 Å². The molecule has 2 aliphatic heterocycles. The number of anilines is 1. The maximum atomic E-state index is 5.46. The Labute approximate surface area is 146 Å². The van der Waals surface area contributed by atoms with Gasteiger partial charge in [0, 0.05) is 60.2 Å². The Hall–Kier alpha value is -2.66. The van der Waals surface area contributed by atoms with E-state index in [1.807, 2.05) is 6.21 Å². The van der Waals surface area contributed by atoms with E-state index in [9.17, 15) is 0 Å². The second kappa shape index (κ2) is 6.01. The van der Waals surface area contributed by atoms with Crippen LogP contribution in [0.4, 0.5) is 5.82 Å². The van der Waals surface area contributed by atoms with Gasteiger partial charge in [0.25, 0.3) is 0 Å². The Morgan fingerprint density at radius 1 is 1.08 bits per heavy atom. The zero-order chi connectivity index (χ0) is 16.6. The van der Waals surface area contributed by atoms with E-state index in [-0.39, 0.29) is 0 Å². The number of H-pyrrole nitrogens is 1. The smallest absolute Gasteiger partial charge is 0.129 e. The van der Waals surface area contributed by atoms with Crippen molar-refractivity contribution in [3.05, 3.63) is 47.7 Å². The first-order valence-corrected chi connectivity index (χ1v) is 8.83. The lowest BCUT2D eigenvalue weighted by atomic mass is 10.1. The van der Waals surface area contributed by atoms with Crippen molar-refractivity contribution >= 4 is 22.9 Å². The minimum Gasteiger partial charge on any atom is -0.378 e. The quantitative estimate of drug-likeness (QED) is 0.785. The molecule has 0 amide bonds. The number of nitrogens with one attached hydrogen (secondary N) is 1. The molecule has 5 rings (SSSR count). The van der Waals surface area contributed by atoms with Crippen molar-refractivity contribution < 1.29 is 4.74 Å². The van der Waals surface area contributed by atoms with Crippen LogP contribution in [0, 0.1) is 0 Å². The van der Waals surface area contributed by atoms with Crippen molar-refractivity contribution in [2.45, 2.75) is 6.42 Å². The molecule has 25 heavy (non-hydrogen) atoms. The molecule has 1 N–H and O–H groups in total. The van der Waals surface area contributed by atoms with Crippen LogP contribution in [0.2, 0.25) is 0 Å². The van der Waals surface area contributed by atoms with Gasteiger partial charge in [-0.15, -0.1) is 0 Å². The first-order chi connectivity index (χ1) is 12.4. The number of hydrogen-bond acceptors (Lipinski definition) is 4. The molecule has 5 heteroatoms. The molecule has 1 aromatic carbocycles. The molecule has 2 aliphatic rings. The molecule has 0 aliphatic carbocycles. The first kappa shape index (κ1) is 14.7. The third-order valence-electron chi connectivity index (χ3n) is 4.99. The third-order valence-corrected chi connectivity index (χ3v) is 4.99. The summed E-state index contributed by atoms with van der Waals surface area (Å²) in [6, 6.07) is 12.8. The van der Waals surface area contributed by atoms with Crippen LogP contribution in [0.1, 0.15) is 11.3 Å². The standard InChI is InChI=1S/C20H20N4O/c1-2-14-4-5-19(24-8-10-25-11-9-24)23-20(14)16(3-1)18-12-15-13-21-7-6-17(15)22-18/h1-5,12-13,22H,6-11H2. The Morgan fingerprint density at radius 3 is 2.88 bits per heavy atom. The monoisotopic (exact) mass is 332 g/mol. The molecule has 4 heterocycles. The van der Waals surface area contributed by atoms with Gasteiger partial charge in [0.2, 0.25) is 0 Å². The average molecular weight is 332 g/mol. The van der Waals surface area contributed by atoms with Gasteiger partial charge in [-0.1, -0.05) is 18.2 Å². The number of morpholine rings is 1. The second-order valence-corrected chi connectivity index (χ2v) is 6.55. The third kappa shape index (κ3) is 2.61. The molecule has 2 aromatic heterocycles. The average Bonchev–Trinajstić information content (AvgIpc) is 3.12. The van der Waals surface area contributed by atoms with Gasteiger partial charge in [0.1, 0.15) is 5.82 Å². The molecule has 1 saturated heterocycles. The van der Waals surface area contributed by atoms with Crippen LogP contribution in [-0.2, 0) is 11.2 Å². The summed E-state index contributed by atoms with van der Waals surface area (Å²) in [6.45, 7) is 4.19. The number of fused-ring (bicyclic) bond motifs is 2. The fraction of sp³-hybridized carbons (Fsp3) is 0.300. The number of rotatable bonds is 2. The van der Waals surface area contributed by atoms with Crippen molar-refractivity contribution in [3.8, 4) is 11.3 Å².